The molecule has 3 aromatic rings. The Morgan fingerprint density at radius 2 is 1.69 bits per heavy atom. The van der Waals surface area contributed by atoms with E-state index in [0.717, 1.165) is 49.0 Å². The van der Waals surface area contributed by atoms with E-state index in [1.54, 1.807) is 6.20 Å². The van der Waals surface area contributed by atoms with Crippen LogP contribution in [-0.4, -0.2) is 32.8 Å². The zero-order valence-corrected chi connectivity index (χ0v) is 15.7. The average Bonchev–Trinajstić information content (AvgIpc) is 3.01. The second-order valence-corrected chi connectivity index (χ2v) is 7.19. The zero-order valence-electron chi connectivity index (χ0n) is 15.7. The first-order valence-corrected chi connectivity index (χ1v) is 9.28. The van der Waals surface area contributed by atoms with Gasteiger partial charge in [-0.25, -0.2) is 9.67 Å². The van der Waals surface area contributed by atoms with Crippen molar-refractivity contribution in [3.05, 3.63) is 65.2 Å². The van der Waals surface area contributed by atoms with Crippen LogP contribution in [0.3, 0.4) is 0 Å². The fourth-order valence-electron chi connectivity index (χ4n) is 3.93. The van der Waals surface area contributed by atoms with Crippen LogP contribution in [0, 0.1) is 20.8 Å². The molecule has 0 radical (unpaired) electrons. The topological polar surface area (TPSA) is 46.8 Å². The molecular formula is C21H25N5. The molecule has 0 atom stereocenters. The Morgan fingerprint density at radius 3 is 2.38 bits per heavy atom. The number of aryl methyl sites for hydroxylation is 3. The van der Waals surface area contributed by atoms with Gasteiger partial charge in [-0.1, -0.05) is 24.3 Å². The summed E-state index contributed by atoms with van der Waals surface area (Å²) in [5.41, 5.74) is 4.97. The van der Waals surface area contributed by atoms with Crippen LogP contribution in [0.1, 0.15) is 41.3 Å². The van der Waals surface area contributed by atoms with Gasteiger partial charge in [-0.2, -0.15) is 5.10 Å². The lowest BCUT2D eigenvalue weighted by molar-refractivity contribution is 0.500. The van der Waals surface area contributed by atoms with Crippen LogP contribution in [-0.2, 0) is 0 Å². The Hall–Kier alpha value is -2.69. The van der Waals surface area contributed by atoms with Gasteiger partial charge in [0, 0.05) is 18.8 Å². The van der Waals surface area contributed by atoms with Gasteiger partial charge in [-0.15, -0.1) is 0 Å². The molecule has 1 aromatic carbocycles. The SMILES string of the molecule is Cc1cc(C)n(-c2cncc(N3CCC(c4ccccc4C)CC3)n2)n1. The summed E-state index contributed by atoms with van der Waals surface area (Å²) in [6.07, 6.45) is 5.94. The van der Waals surface area contributed by atoms with E-state index in [1.807, 2.05) is 24.7 Å². The van der Waals surface area contributed by atoms with Gasteiger partial charge in [0.05, 0.1) is 18.1 Å². The first kappa shape index (κ1) is 16.8. The van der Waals surface area contributed by atoms with E-state index in [9.17, 15) is 0 Å². The molecule has 0 amide bonds. The standard InChI is InChI=1S/C21H25N5/c1-15-6-4-5-7-19(15)18-8-10-25(11-9-18)20-13-22-14-21(23-20)26-17(3)12-16(2)24-26/h4-7,12-14,18H,8-11H2,1-3H3. The van der Waals surface area contributed by atoms with E-state index in [2.05, 4.69) is 52.2 Å². The molecule has 1 aliphatic heterocycles. The van der Waals surface area contributed by atoms with Crippen LogP contribution in [0.15, 0.2) is 42.7 Å². The molecule has 4 rings (SSSR count). The molecule has 1 aliphatic rings. The highest BCUT2D eigenvalue weighted by molar-refractivity contribution is 5.41. The van der Waals surface area contributed by atoms with Crippen LogP contribution < -0.4 is 4.90 Å². The van der Waals surface area contributed by atoms with Crippen molar-refractivity contribution >= 4 is 5.82 Å². The van der Waals surface area contributed by atoms with Gasteiger partial charge in [0.1, 0.15) is 5.82 Å². The molecule has 134 valence electrons. The van der Waals surface area contributed by atoms with Crippen molar-refractivity contribution in [2.24, 2.45) is 0 Å². The Bertz CT molecular complexity index is 906. The van der Waals surface area contributed by atoms with Gasteiger partial charge < -0.3 is 4.90 Å². The summed E-state index contributed by atoms with van der Waals surface area (Å²) >= 11 is 0. The van der Waals surface area contributed by atoms with Gasteiger partial charge in [-0.05, 0) is 56.7 Å². The third-order valence-electron chi connectivity index (χ3n) is 5.28. The van der Waals surface area contributed by atoms with Crippen molar-refractivity contribution in [1.82, 2.24) is 19.7 Å². The predicted molar refractivity (Wildman–Crippen MR) is 104 cm³/mol. The first-order valence-electron chi connectivity index (χ1n) is 9.28. The molecule has 0 spiro atoms. The summed E-state index contributed by atoms with van der Waals surface area (Å²) in [6.45, 7) is 8.27. The van der Waals surface area contributed by atoms with E-state index in [0.29, 0.717) is 5.92 Å². The van der Waals surface area contributed by atoms with Gasteiger partial charge in [0.25, 0.3) is 0 Å². The summed E-state index contributed by atoms with van der Waals surface area (Å²) in [7, 11) is 0. The summed E-state index contributed by atoms with van der Waals surface area (Å²) in [4.78, 5) is 11.6. The third kappa shape index (κ3) is 3.21. The van der Waals surface area contributed by atoms with Gasteiger partial charge in [0.15, 0.2) is 5.82 Å². The maximum atomic E-state index is 4.82. The number of piperidine rings is 1. The van der Waals surface area contributed by atoms with Crippen molar-refractivity contribution in [1.29, 1.82) is 0 Å². The second-order valence-electron chi connectivity index (χ2n) is 7.19. The molecule has 0 N–H and O–H groups in total. The first-order chi connectivity index (χ1) is 12.6. The van der Waals surface area contributed by atoms with Crippen molar-refractivity contribution < 1.29 is 0 Å². The monoisotopic (exact) mass is 347 g/mol. The van der Waals surface area contributed by atoms with E-state index in [-0.39, 0.29) is 0 Å². The maximum Gasteiger partial charge on any atom is 0.174 e. The maximum absolute atomic E-state index is 4.82. The van der Waals surface area contributed by atoms with Crippen molar-refractivity contribution in [3.8, 4) is 5.82 Å². The van der Waals surface area contributed by atoms with E-state index >= 15 is 0 Å². The minimum absolute atomic E-state index is 0.639. The molecular weight excluding hydrogens is 322 g/mol. The van der Waals surface area contributed by atoms with E-state index in [1.165, 1.54) is 11.1 Å². The van der Waals surface area contributed by atoms with Crippen LogP contribution >= 0.6 is 0 Å². The predicted octanol–water partition coefficient (Wildman–Crippen LogP) is 3.97. The van der Waals surface area contributed by atoms with E-state index in [4.69, 9.17) is 4.98 Å². The molecule has 2 aromatic heterocycles. The van der Waals surface area contributed by atoms with Gasteiger partial charge in [-0.3, -0.25) is 4.98 Å². The number of rotatable bonds is 3. The number of nitrogens with zero attached hydrogens (tertiary/aromatic N) is 5. The second kappa shape index (κ2) is 6.90. The summed E-state index contributed by atoms with van der Waals surface area (Å²) in [6, 6.07) is 10.8. The zero-order chi connectivity index (χ0) is 18.1. The molecule has 1 saturated heterocycles. The lowest BCUT2D eigenvalue weighted by atomic mass is 9.87. The molecule has 0 aliphatic carbocycles. The molecule has 0 bridgehead atoms. The number of anilines is 1. The normalized spacial score (nSPS) is 15.4. The Kier molecular flexibility index (Phi) is 4.45. The average molecular weight is 347 g/mol. The number of benzene rings is 1. The fourth-order valence-corrected chi connectivity index (χ4v) is 3.93. The quantitative estimate of drug-likeness (QED) is 0.719. The molecule has 0 unspecified atom stereocenters. The van der Waals surface area contributed by atoms with Crippen LogP contribution in [0.4, 0.5) is 5.82 Å². The molecule has 0 saturated carbocycles. The fraction of sp³-hybridized carbons (Fsp3) is 0.381. The van der Waals surface area contributed by atoms with Crippen LogP contribution in [0.25, 0.3) is 5.82 Å². The minimum Gasteiger partial charge on any atom is -0.355 e. The smallest absolute Gasteiger partial charge is 0.174 e. The Morgan fingerprint density at radius 1 is 0.962 bits per heavy atom. The number of aromatic nitrogens is 4. The lowest BCUT2D eigenvalue weighted by Crippen LogP contribution is -2.34. The largest absolute Gasteiger partial charge is 0.355 e. The summed E-state index contributed by atoms with van der Waals surface area (Å²) in [5.74, 6) is 2.37. The van der Waals surface area contributed by atoms with Gasteiger partial charge in [0.2, 0.25) is 0 Å². The Balaban J connectivity index is 1.51. The molecule has 3 heterocycles. The molecule has 26 heavy (non-hydrogen) atoms. The highest BCUT2D eigenvalue weighted by Crippen LogP contribution is 2.31. The minimum atomic E-state index is 0.639. The highest BCUT2D eigenvalue weighted by atomic mass is 15.3. The summed E-state index contributed by atoms with van der Waals surface area (Å²) < 4.78 is 1.87. The highest BCUT2D eigenvalue weighted by Gasteiger charge is 2.23. The van der Waals surface area contributed by atoms with Crippen LogP contribution in [0.2, 0.25) is 0 Å². The molecule has 1 fully saturated rings. The van der Waals surface area contributed by atoms with Crippen molar-refractivity contribution in [2.75, 3.05) is 18.0 Å². The lowest BCUT2D eigenvalue weighted by Gasteiger charge is -2.33. The van der Waals surface area contributed by atoms with Gasteiger partial charge >= 0.3 is 0 Å². The van der Waals surface area contributed by atoms with E-state index < -0.39 is 0 Å². The van der Waals surface area contributed by atoms with Crippen LogP contribution in [0.5, 0.6) is 0 Å². The number of hydrogen-bond acceptors (Lipinski definition) is 4. The Labute approximate surface area is 154 Å². The summed E-state index contributed by atoms with van der Waals surface area (Å²) in [5, 5.41) is 4.52. The number of hydrogen-bond donors (Lipinski definition) is 0. The van der Waals surface area contributed by atoms with Crippen molar-refractivity contribution in [2.45, 2.75) is 39.5 Å². The molecule has 5 nitrogen and oxygen atoms in total. The third-order valence-corrected chi connectivity index (χ3v) is 5.28. The molecule has 5 heteroatoms. The van der Waals surface area contributed by atoms with Crippen molar-refractivity contribution in [3.63, 3.8) is 0 Å².